The predicted molar refractivity (Wildman–Crippen MR) is 125 cm³/mol. The lowest BCUT2D eigenvalue weighted by molar-refractivity contribution is -0.116. The van der Waals surface area contributed by atoms with E-state index in [0.29, 0.717) is 19.8 Å². The Morgan fingerprint density at radius 2 is 2.03 bits per heavy atom. The van der Waals surface area contributed by atoms with E-state index < -0.39 is 0 Å². The Morgan fingerprint density at radius 1 is 1.19 bits per heavy atom. The SMILES string of the molecule is Cc1nc(COc2cccc(/C=C/C(=O)NCCCOC(C)c3ccccc3)c2)cs1. The molecule has 3 aromatic rings. The van der Waals surface area contributed by atoms with Crippen LogP contribution in [0.3, 0.4) is 0 Å². The monoisotopic (exact) mass is 436 g/mol. The van der Waals surface area contributed by atoms with Gasteiger partial charge < -0.3 is 14.8 Å². The molecule has 1 atom stereocenters. The van der Waals surface area contributed by atoms with Crippen LogP contribution in [-0.2, 0) is 16.1 Å². The molecule has 0 saturated carbocycles. The van der Waals surface area contributed by atoms with E-state index in [1.165, 1.54) is 6.08 Å². The van der Waals surface area contributed by atoms with Crippen LogP contribution >= 0.6 is 11.3 Å². The van der Waals surface area contributed by atoms with Crippen molar-refractivity contribution < 1.29 is 14.3 Å². The first-order valence-electron chi connectivity index (χ1n) is 10.4. The number of rotatable bonds is 11. The Bertz CT molecular complexity index is 985. The lowest BCUT2D eigenvalue weighted by Gasteiger charge is -2.13. The fraction of sp³-hybridized carbons (Fsp3) is 0.280. The zero-order valence-electron chi connectivity index (χ0n) is 17.9. The highest BCUT2D eigenvalue weighted by Gasteiger charge is 2.04. The van der Waals surface area contributed by atoms with E-state index in [9.17, 15) is 4.79 Å². The van der Waals surface area contributed by atoms with Crippen molar-refractivity contribution in [1.29, 1.82) is 0 Å². The lowest BCUT2D eigenvalue weighted by atomic mass is 10.1. The van der Waals surface area contributed by atoms with Crippen molar-refractivity contribution >= 4 is 23.3 Å². The number of aromatic nitrogens is 1. The summed E-state index contributed by atoms with van der Waals surface area (Å²) < 4.78 is 11.6. The third-order valence-corrected chi connectivity index (χ3v) is 5.42. The molecule has 1 N–H and O–H groups in total. The summed E-state index contributed by atoms with van der Waals surface area (Å²) in [5.74, 6) is 0.623. The number of thiazole rings is 1. The van der Waals surface area contributed by atoms with Gasteiger partial charge in [-0.1, -0.05) is 42.5 Å². The number of aryl methyl sites for hydroxylation is 1. The molecule has 0 aliphatic carbocycles. The van der Waals surface area contributed by atoms with Gasteiger partial charge in [0, 0.05) is 24.6 Å². The van der Waals surface area contributed by atoms with Crippen LogP contribution in [0.4, 0.5) is 0 Å². The van der Waals surface area contributed by atoms with Gasteiger partial charge >= 0.3 is 0 Å². The molecule has 0 spiro atoms. The molecule has 6 heteroatoms. The van der Waals surface area contributed by atoms with Crippen molar-refractivity contribution in [2.75, 3.05) is 13.2 Å². The second kappa shape index (κ2) is 12.0. The number of benzene rings is 2. The predicted octanol–water partition coefficient (Wildman–Crippen LogP) is 5.33. The molecule has 0 bridgehead atoms. The second-order valence-electron chi connectivity index (χ2n) is 7.12. The standard InChI is InChI=1S/C25H28N2O3S/c1-19(22-9-4-3-5-10-22)29-15-7-14-26-25(28)13-12-21-8-6-11-24(16-21)30-17-23-18-31-20(2)27-23/h3-6,8-13,16,18-19H,7,14-15,17H2,1-2H3,(H,26,28)/b13-12+. The number of carbonyl (C=O) groups is 1. The van der Waals surface area contributed by atoms with Gasteiger partial charge in [0.25, 0.3) is 0 Å². The van der Waals surface area contributed by atoms with Gasteiger partial charge in [-0.3, -0.25) is 4.79 Å². The normalized spacial score (nSPS) is 12.1. The van der Waals surface area contributed by atoms with Crippen molar-refractivity contribution in [3.63, 3.8) is 0 Å². The third-order valence-electron chi connectivity index (χ3n) is 4.60. The Morgan fingerprint density at radius 3 is 2.81 bits per heavy atom. The summed E-state index contributed by atoms with van der Waals surface area (Å²) in [7, 11) is 0. The topological polar surface area (TPSA) is 60.5 Å². The number of amides is 1. The maximum absolute atomic E-state index is 12.1. The molecule has 0 fully saturated rings. The fourth-order valence-corrected chi connectivity index (χ4v) is 3.53. The lowest BCUT2D eigenvalue weighted by Crippen LogP contribution is -2.23. The summed E-state index contributed by atoms with van der Waals surface area (Å²) in [6.45, 7) is 5.61. The summed E-state index contributed by atoms with van der Waals surface area (Å²) in [6, 6.07) is 17.7. The molecule has 3 rings (SSSR count). The van der Waals surface area contributed by atoms with Crippen LogP contribution < -0.4 is 10.1 Å². The van der Waals surface area contributed by atoms with Crippen LogP contribution in [-0.4, -0.2) is 24.0 Å². The third kappa shape index (κ3) is 8.00. The maximum atomic E-state index is 12.1. The minimum atomic E-state index is -0.125. The van der Waals surface area contributed by atoms with Crippen LogP contribution in [0.25, 0.3) is 6.08 Å². The summed E-state index contributed by atoms with van der Waals surface area (Å²) in [6.07, 6.45) is 4.13. The second-order valence-corrected chi connectivity index (χ2v) is 8.18. The summed E-state index contributed by atoms with van der Waals surface area (Å²) in [5.41, 5.74) is 2.98. The zero-order chi connectivity index (χ0) is 21.9. The van der Waals surface area contributed by atoms with Gasteiger partial charge in [0.2, 0.25) is 5.91 Å². The van der Waals surface area contributed by atoms with Gasteiger partial charge in [-0.05, 0) is 49.6 Å². The van der Waals surface area contributed by atoms with Gasteiger partial charge in [0.05, 0.1) is 16.8 Å². The number of ether oxygens (including phenoxy) is 2. The summed E-state index contributed by atoms with van der Waals surface area (Å²) in [4.78, 5) is 16.4. The molecular formula is C25H28N2O3S. The van der Waals surface area contributed by atoms with Gasteiger partial charge in [0.15, 0.2) is 0 Å². The molecule has 0 radical (unpaired) electrons. The molecule has 31 heavy (non-hydrogen) atoms. The number of hydrogen-bond donors (Lipinski definition) is 1. The number of nitrogens with zero attached hydrogens (tertiary/aromatic N) is 1. The highest BCUT2D eigenvalue weighted by Crippen LogP contribution is 2.17. The molecule has 5 nitrogen and oxygen atoms in total. The van der Waals surface area contributed by atoms with Crippen LogP contribution in [0.1, 0.15) is 41.3 Å². The van der Waals surface area contributed by atoms with Gasteiger partial charge in [-0.25, -0.2) is 4.98 Å². The smallest absolute Gasteiger partial charge is 0.244 e. The van der Waals surface area contributed by atoms with E-state index in [-0.39, 0.29) is 12.0 Å². The van der Waals surface area contributed by atoms with E-state index in [4.69, 9.17) is 9.47 Å². The highest BCUT2D eigenvalue weighted by atomic mass is 32.1. The fourth-order valence-electron chi connectivity index (χ4n) is 2.93. The Labute approximate surface area is 187 Å². The Kier molecular flexibility index (Phi) is 8.82. The molecular weight excluding hydrogens is 408 g/mol. The van der Waals surface area contributed by atoms with Crippen molar-refractivity contribution in [3.05, 3.63) is 87.9 Å². The van der Waals surface area contributed by atoms with Crippen LogP contribution in [0.2, 0.25) is 0 Å². The quantitative estimate of drug-likeness (QED) is 0.326. The van der Waals surface area contributed by atoms with Crippen LogP contribution in [0.5, 0.6) is 5.75 Å². The first kappa shape index (κ1) is 22.7. The van der Waals surface area contributed by atoms with Gasteiger partial charge in [-0.2, -0.15) is 0 Å². The average Bonchev–Trinajstić information content (AvgIpc) is 3.22. The number of nitrogens with one attached hydrogen (secondary N) is 1. The van der Waals surface area contributed by atoms with Crippen molar-refractivity contribution in [1.82, 2.24) is 10.3 Å². The van der Waals surface area contributed by atoms with E-state index >= 15 is 0 Å². The minimum absolute atomic E-state index is 0.0471. The van der Waals surface area contributed by atoms with Crippen LogP contribution in [0, 0.1) is 6.92 Å². The number of carbonyl (C=O) groups excluding carboxylic acids is 1. The van der Waals surface area contributed by atoms with E-state index in [1.54, 1.807) is 17.4 Å². The molecule has 162 valence electrons. The molecule has 1 amide bonds. The molecule has 1 heterocycles. The Hall–Kier alpha value is -2.96. The van der Waals surface area contributed by atoms with Crippen molar-refractivity contribution in [2.45, 2.75) is 33.0 Å². The first-order chi connectivity index (χ1) is 15.1. The van der Waals surface area contributed by atoms with Crippen molar-refractivity contribution in [2.24, 2.45) is 0 Å². The molecule has 1 aromatic heterocycles. The Balaban J connectivity index is 1.35. The molecule has 2 aromatic carbocycles. The van der Waals surface area contributed by atoms with E-state index in [2.05, 4.69) is 22.4 Å². The summed E-state index contributed by atoms with van der Waals surface area (Å²) in [5, 5.41) is 5.91. The number of hydrogen-bond acceptors (Lipinski definition) is 5. The van der Waals surface area contributed by atoms with Crippen LogP contribution in [0.15, 0.2) is 66.1 Å². The molecule has 0 saturated heterocycles. The molecule has 0 aliphatic heterocycles. The zero-order valence-corrected chi connectivity index (χ0v) is 18.7. The van der Waals surface area contributed by atoms with Gasteiger partial charge in [-0.15, -0.1) is 11.3 Å². The maximum Gasteiger partial charge on any atom is 0.244 e. The first-order valence-corrected chi connectivity index (χ1v) is 11.2. The van der Waals surface area contributed by atoms with E-state index in [1.807, 2.05) is 61.7 Å². The highest BCUT2D eigenvalue weighted by molar-refractivity contribution is 7.09. The average molecular weight is 437 g/mol. The molecule has 1 unspecified atom stereocenters. The minimum Gasteiger partial charge on any atom is -0.487 e. The largest absolute Gasteiger partial charge is 0.487 e. The van der Waals surface area contributed by atoms with E-state index in [0.717, 1.165) is 34.0 Å². The van der Waals surface area contributed by atoms with Crippen molar-refractivity contribution in [3.8, 4) is 5.75 Å². The van der Waals surface area contributed by atoms with Gasteiger partial charge in [0.1, 0.15) is 12.4 Å². The molecule has 0 aliphatic rings. The summed E-state index contributed by atoms with van der Waals surface area (Å²) >= 11 is 1.61.